The van der Waals surface area contributed by atoms with E-state index in [9.17, 15) is 18.0 Å². The molecule has 1 amide bonds. The summed E-state index contributed by atoms with van der Waals surface area (Å²) in [6.45, 7) is 5.51. The molecule has 0 bridgehead atoms. The van der Waals surface area contributed by atoms with Crippen molar-refractivity contribution in [2.45, 2.75) is 33.1 Å². The van der Waals surface area contributed by atoms with Crippen molar-refractivity contribution in [2.75, 3.05) is 11.8 Å². The van der Waals surface area contributed by atoms with Gasteiger partial charge in [0.1, 0.15) is 0 Å². The van der Waals surface area contributed by atoms with E-state index in [1.165, 1.54) is 13.2 Å². The van der Waals surface area contributed by atoms with Crippen LogP contribution in [0.15, 0.2) is 48.5 Å². The number of amides is 1. The van der Waals surface area contributed by atoms with Crippen LogP contribution in [0.3, 0.4) is 0 Å². The molecule has 0 fully saturated rings. The van der Waals surface area contributed by atoms with Gasteiger partial charge in [-0.3, -0.25) is 9.52 Å². The molecule has 0 aliphatic carbocycles. The minimum Gasteiger partial charge on any atom is -0.465 e. The zero-order valence-corrected chi connectivity index (χ0v) is 17.8. The van der Waals surface area contributed by atoms with Crippen molar-refractivity contribution in [1.29, 1.82) is 0 Å². The Morgan fingerprint density at radius 1 is 1.00 bits per heavy atom. The maximum absolute atomic E-state index is 12.5. The zero-order chi connectivity index (χ0) is 21.7. The molecular formula is C21H26N2O5S. The zero-order valence-electron chi connectivity index (χ0n) is 17.0. The molecule has 2 aromatic rings. The predicted octanol–water partition coefficient (Wildman–Crippen LogP) is 3.08. The number of benzene rings is 2. The lowest BCUT2D eigenvalue weighted by molar-refractivity contribution is -0.128. The second-order valence-electron chi connectivity index (χ2n) is 7.69. The van der Waals surface area contributed by atoms with Gasteiger partial charge in [-0.05, 0) is 29.3 Å². The Morgan fingerprint density at radius 2 is 1.66 bits per heavy atom. The summed E-state index contributed by atoms with van der Waals surface area (Å²) in [6, 6.07) is 13.3. The van der Waals surface area contributed by atoms with E-state index >= 15 is 0 Å². The fourth-order valence-corrected chi connectivity index (χ4v) is 3.73. The topological polar surface area (TPSA) is 102 Å². The van der Waals surface area contributed by atoms with Crippen LogP contribution in [0.1, 0.15) is 42.3 Å². The Hall–Kier alpha value is -2.87. The van der Waals surface area contributed by atoms with E-state index in [2.05, 4.69) is 10.0 Å². The lowest BCUT2D eigenvalue weighted by Gasteiger charge is -2.18. The average molecular weight is 419 g/mol. The third-order valence-electron chi connectivity index (χ3n) is 4.02. The van der Waals surface area contributed by atoms with Crippen molar-refractivity contribution >= 4 is 27.6 Å². The molecule has 0 spiro atoms. The van der Waals surface area contributed by atoms with Gasteiger partial charge in [0, 0.05) is 17.6 Å². The number of rotatable bonds is 7. The van der Waals surface area contributed by atoms with Crippen LogP contribution in [-0.2, 0) is 31.9 Å². The van der Waals surface area contributed by atoms with Gasteiger partial charge in [0.15, 0.2) is 0 Å². The van der Waals surface area contributed by atoms with Crippen LogP contribution < -0.4 is 10.0 Å². The molecule has 2 aromatic carbocycles. The van der Waals surface area contributed by atoms with Crippen LogP contribution in [-0.4, -0.2) is 27.4 Å². The first kappa shape index (κ1) is 22.4. The van der Waals surface area contributed by atoms with Crippen LogP contribution >= 0.6 is 0 Å². The van der Waals surface area contributed by atoms with Gasteiger partial charge in [-0.1, -0.05) is 51.1 Å². The summed E-state index contributed by atoms with van der Waals surface area (Å²) in [4.78, 5) is 24.1. The standard InChI is InChI=1S/C21H26N2O5S/c1-21(2,3)20(25)22-13-16-10-17(19(24)28-4)12-18(11-16)23-29(26,27)14-15-8-6-5-7-9-15/h5-12,23H,13-14H2,1-4H3,(H,22,25). The van der Waals surface area contributed by atoms with Gasteiger partial charge >= 0.3 is 5.97 Å². The highest BCUT2D eigenvalue weighted by molar-refractivity contribution is 7.91. The third kappa shape index (κ3) is 6.90. The molecule has 0 radical (unpaired) electrons. The number of hydrogen-bond donors (Lipinski definition) is 2. The minimum absolute atomic E-state index is 0.147. The van der Waals surface area contributed by atoms with E-state index < -0.39 is 21.4 Å². The van der Waals surface area contributed by atoms with Crippen LogP contribution in [0.25, 0.3) is 0 Å². The smallest absolute Gasteiger partial charge is 0.337 e. The van der Waals surface area contributed by atoms with Gasteiger partial charge in [-0.25, -0.2) is 13.2 Å². The second-order valence-corrected chi connectivity index (χ2v) is 9.41. The Balaban J connectivity index is 2.25. The summed E-state index contributed by atoms with van der Waals surface area (Å²) < 4.78 is 32.3. The molecule has 29 heavy (non-hydrogen) atoms. The molecule has 2 N–H and O–H groups in total. The van der Waals surface area contributed by atoms with Crippen molar-refractivity contribution < 1.29 is 22.7 Å². The third-order valence-corrected chi connectivity index (χ3v) is 5.28. The lowest BCUT2D eigenvalue weighted by Crippen LogP contribution is -2.34. The summed E-state index contributed by atoms with van der Waals surface area (Å²) >= 11 is 0. The van der Waals surface area contributed by atoms with Crippen LogP contribution in [0.4, 0.5) is 5.69 Å². The number of carbonyl (C=O) groups is 2. The predicted molar refractivity (Wildman–Crippen MR) is 112 cm³/mol. The molecule has 2 rings (SSSR count). The molecule has 0 aromatic heterocycles. The van der Waals surface area contributed by atoms with Crippen molar-refractivity contribution in [3.63, 3.8) is 0 Å². The first-order valence-corrected chi connectivity index (χ1v) is 10.7. The van der Waals surface area contributed by atoms with Gasteiger partial charge < -0.3 is 10.1 Å². The number of methoxy groups -OCH3 is 1. The number of esters is 1. The molecular weight excluding hydrogens is 392 g/mol. The Bertz CT molecular complexity index is 980. The number of carbonyl (C=O) groups excluding carboxylic acids is 2. The number of hydrogen-bond acceptors (Lipinski definition) is 5. The van der Waals surface area contributed by atoms with Crippen molar-refractivity contribution in [3.05, 3.63) is 65.2 Å². The van der Waals surface area contributed by atoms with Gasteiger partial charge in [0.25, 0.3) is 0 Å². The van der Waals surface area contributed by atoms with E-state index in [0.29, 0.717) is 11.1 Å². The molecule has 0 heterocycles. The maximum Gasteiger partial charge on any atom is 0.337 e. The fraction of sp³-hybridized carbons (Fsp3) is 0.333. The molecule has 8 heteroatoms. The number of nitrogens with one attached hydrogen (secondary N) is 2. The van der Waals surface area contributed by atoms with E-state index in [-0.39, 0.29) is 29.5 Å². The first-order chi connectivity index (χ1) is 13.5. The van der Waals surface area contributed by atoms with Crippen molar-refractivity contribution in [3.8, 4) is 0 Å². The fourth-order valence-electron chi connectivity index (χ4n) is 2.55. The van der Waals surface area contributed by atoms with Gasteiger partial charge in [-0.2, -0.15) is 0 Å². The van der Waals surface area contributed by atoms with Gasteiger partial charge in [0.2, 0.25) is 15.9 Å². The maximum atomic E-state index is 12.5. The summed E-state index contributed by atoms with van der Waals surface area (Å²) in [6.07, 6.45) is 0. The first-order valence-electron chi connectivity index (χ1n) is 9.05. The summed E-state index contributed by atoms with van der Waals surface area (Å²) in [5, 5.41) is 2.78. The quantitative estimate of drug-likeness (QED) is 0.673. The summed E-state index contributed by atoms with van der Waals surface area (Å²) in [7, 11) is -2.45. The van der Waals surface area contributed by atoms with E-state index in [0.717, 1.165) is 0 Å². The molecule has 0 saturated heterocycles. The Morgan fingerprint density at radius 3 is 2.24 bits per heavy atom. The van der Waals surface area contributed by atoms with Crippen molar-refractivity contribution in [2.24, 2.45) is 5.41 Å². The molecule has 156 valence electrons. The highest BCUT2D eigenvalue weighted by Gasteiger charge is 2.21. The number of sulfonamides is 1. The highest BCUT2D eigenvalue weighted by atomic mass is 32.2. The van der Waals surface area contributed by atoms with Crippen LogP contribution in [0.2, 0.25) is 0 Å². The molecule has 0 aliphatic heterocycles. The van der Waals surface area contributed by atoms with E-state index in [1.807, 2.05) is 6.07 Å². The largest absolute Gasteiger partial charge is 0.465 e. The van der Waals surface area contributed by atoms with Crippen LogP contribution in [0.5, 0.6) is 0 Å². The normalized spacial score (nSPS) is 11.6. The molecule has 0 saturated carbocycles. The summed E-state index contributed by atoms with van der Waals surface area (Å²) in [5.74, 6) is -0.962. The molecule has 0 unspecified atom stereocenters. The average Bonchev–Trinajstić information content (AvgIpc) is 2.64. The lowest BCUT2D eigenvalue weighted by atomic mass is 9.95. The van der Waals surface area contributed by atoms with Crippen LogP contribution in [0, 0.1) is 5.41 Å². The van der Waals surface area contributed by atoms with Gasteiger partial charge in [0.05, 0.1) is 18.4 Å². The van der Waals surface area contributed by atoms with E-state index in [1.54, 1.807) is 57.2 Å². The molecule has 7 nitrogen and oxygen atoms in total. The second kappa shape index (κ2) is 9.09. The molecule has 0 atom stereocenters. The minimum atomic E-state index is -3.70. The van der Waals surface area contributed by atoms with Gasteiger partial charge in [-0.15, -0.1) is 0 Å². The number of anilines is 1. The monoisotopic (exact) mass is 418 g/mol. The highest BCUT2D eigenvalue weighted by Crippen LogP contribution is 2.20. The number of ether oxygens (including phenoxy) is 1. The van der Waals surface area contributed by atoms with Crippen molar-refractivity contribution in [1.82, 2.24) is 5.32 Å². The Kier molecular flexibility index (Phi) is 7.02. The Labute approximate surface area is 171 Å². The SMILES string of the molecule is COC(=O)c1cc(CNC(=O)C(C)(C)C)cc(NS(=O)(=O)Cc2ccccc2)c1. The molecule has 0 aliphatic rings. The van der Waals surface area contributed by atoms with E-state index in [4.69, 9.17) is 4.74 Å². The summed E-state index contributed by atoms with van der Waals surface area (Å²) in [5.41, 5.74) is 1.06.